The number of benzene rings is 3. The predicted molar refractivity (Wildman–Crippen MR) is 135 cm³/mol. The first-order valence-corrected chi connectivity index (χ1v) is 11.4. The zero-order valence-corrected chi connectivity index (χ0v) is 20.2. The van der Waals surface area contributed by atoms with Gasteiger partial charge in [0.05, 0.1) is 10.0 Å². The van der Waals surface area contributed by atoms with Crippen molar-refractivity contribution in [1.82, 2.24) is 10.2 Å². The molecule has 0 spiro atoms. The number of ether oxygens (including phenoxy) is 1. The van der Waals surface area contributed by atoms with E-state index in [0.717, 1.165) is 16.0 Å². The summed E-state index contributed by atoms with van der Waals surface area (Å²) >= 11 is 11.9. The highest BCUT2D eigenvalue weighted by molar-refractivity contribution is 6.42. The number of carbonyl (C=O) groups is 3. The maximum atomic E-state index is 12.7. The monoisotopic (exact) mass is 509 g/mol. The van der Waals surface area contributed by atoms with Gasteiger partial charge in [0.15, 0.2) is 0 Å². The molecule has 0 saturated carbocycles. The fraction of sp³-hybridized carbons (Fsp3) is 0.115. The molecule has 1 aliphatic heterocycles. The van der Waals surface area contributed by atoms with Crippen molar-refractivity contribution in [2.24, 2.45) is 0 Å². The van der Waals surface area contributed by atoms with E-state index in [2.05, 4.69) is 10.6 Å². The van der Waals surface area contributed by atoms with Gasteiger partial charge in [0.2, 0.25) is 5.91 Å². The van der Waals surface area contributed by atoms with Crippen LogP contribution in [0.15, 0.2) is 72.4 Å². The standard InChI is InChI=1S/C26H21Cl2N3O4/c1-16-2-7-19(8-3-16)29-24(32)14-31-25(33)23(30-26(31)34)13-17-4-9-20(10-5-17)35-15-18-6-11-21(27)22(28)12-18/h2-13H,14-15H2,1H3,(H,29,32)(H,30,34)/b23-13+. The highest BCUT2D eigenvalue weighted by Gasteiger charge is 2.34. The Bertz CT molecular complexity index is 1310. The Labute approximate surface area is 212 Å². The molecule has 3 aromatic carbocycles. The van der Waals surface area contributed by atoms with Gasteiger partial charge in [-0.3, -0.25) is 9.59 Å². The average Bonchev–Trinajstić information content (AvgIpc) is 3.09. The summed E-state index contributed by atoms with van der Waals surface area (Å²) < 4.78 is 5.75. The number of hydrogen-bond donors (Lipinski definition) is 2. The Balaban J connectivity index is 1.35. The van der Waals surface area contributed by atoms with Gasteiger partial charge in [-0.15, -0.1) is 0 Å². The van der Waals surface area contributed by atoms with Crippen LogP contribution in [0.4, 0.5) is 10.5 Å². The summed E-state index contributed by atoms with van der Waals surface area (Å²) in [7, 11) is 0. The number of hydrogen-bond acceptors (Lipinski definition) is 4. The van der Waals surface area contributed by atoms with Crippen LogP contribution in [0.1, 0.15) is 16.7 Å². The van der Waals surface area contributed by atoms with Crippen LogP contribution in [0, 0.1) is 6.92 Å². The molecule has 9 heteroatoms. The van der Waals surface area contributed by atoms with Crippen LogP contribution in [0.3, 0.4) is 0 Å². The number of nitrogens with zero attached hydrogens (tertiary/aromatic N) is 1. The highest BCUT2D eigenvalue weighted by atomic mass is 35.5. The summed E-state index contributed by atoms with van der Waals surface area (Å²) in [4.78, 5) is 38.1. The van der Waals surface area contributed by atoms with Crippen LogP contribution in [-0.2, 0) is 16.2 Å². The van der Waals surface area contributed by atoms with Crippen LogP contribution in [0.5, 0.6) is 5.75 Å². The summed E-state index contributed by atoms with van der Waals surface area (Å²) in [6, 6.07) is 18.8. The van der Waals surface area contributed by atoms with Crippen molar-refractivity contribution in [3.05, 3.63) is 99.2 Å². The first-order chi connectivity index (χ1) is 16.8. The zero-order valence-electron chi connectivity index (χ0n) is 18.7. The van der Waals surface area contributed by atoms with Crippen molar-refractivity contribution in [3.63, 3.8) is 0 Å². The molecule has 0 bridgehead atoms. The minimum Gasteiger partial charge on any atom is -0.489 e. The van der Waals surface area contributed by atoms with Gasteiger partial charge in [-0.2, -0.15) is 0 Å². The van der Waals surface area contributed by atoms with Crippen molar-refractivity contribution >= 4 is 52.8 Å². The second kappa shape index (κ2) is 10.6. The zero-order chi connectivity index (χ0) is 24.9. The van der Waals surface area contributed by atoms with Gasteiger partial charge in [0.1, 0.15) is 24.6 Å². The molecule has 7 nitrogen and oxygen atoms in total. The van der Waals surface area contributed by atoms with E-state index in [9.17, 15) is 14.4 Å². The number of imide groups is 1. The quantitative estimate of drug-likeness (QED) is 0.329. The lowest BCUT2D eigenvalue weighted by molar-refractivity contribution is -0.127. The SMILES string of the molecule is Cc1ccc(NC(=O)CN2C(=O)N/C(=C/c3ccc(OCc4ccc(Cl)c(Cl)c4)cc3)C2=O)cc1. The second-order valence-corrected chi connectivity index (χ2v) is 8.71. The Hall–Kier alpha value is -3.81. The van der Waals surface area contributed by atoms with E-state index in [1.165, 1.54) is 0 Å². The largest absolute Gasteiger partial charge is 0.489 e. The van der Waals surface area contributed by atoms with E-state index in [1.807, 2.05) is 25.1 Å². The lowest BCUT2D eigenvalue weighted by Gasteiger charge is -2.12. The molecule has 2 N–H and O–H groups in total. The van der Waals surface area contributed by atoms with Crippen molar-refractivity contribution in [3.8, 4) is 5.75 Å². The summed E-state index contributed by atoms with van der Waals surface area (Å²) in [5.41, 5.74) is 3.28. The summed E-state index contributed by atoms with van der Waals surface area (Å²) in [5.74, 6) is -0.425. The predicted octanol–water partition coefficient (Wildman–Crippen LogP) is 5.41. The van der Waals surface area contributed by atoms with E-state index < -0.39 is 24.4 Å². The molecule has 178 valence electrons. The maximum Gasteiger partial charge on any atom is 0.329 e. The third-order valence-electron chi connectivity index (χ3n) is 5.18. The topological polar surface area (TPSA) is 87.7 Å². The van der Waals surface area contributed by atoms with E-state index in [4.69, 9.17) is 27.9 Å². The molecule has 0 radical (unpaired) electrons. The van der Waals surface area contributed by atoms with E-state index in [0.29, 0.717) is 33.7 Å². The Morgan fingerprint density at radius 3 is 2.40 bits per heavy atom. The van der Waals surface area contributed by atoms with Crippen LogP contribution in [-0.4, -0.2) is 29.3 Å². The second-order valence-electron chi connectivity index (χ2n) is 7.90. The molecular formula is C26H21Cl2N3O4. The van der Waals surface area contributed by atoms with Gasteiger partial charge >= 0.3 is 6.03 Å². The molecule has 0 atom stereocenters. The van der Waals surface area contributed by atoms with E-state index in [1.54, 1.807) is 54.6 Å². The lowest BCUT2D eigenvalue weighted by atomic mass is 10.2. The minimum absolute atomic E-state index is 0.0858. The minimum atomic E-state index is -0.651. The van der Waals surface area contributed by atoms with Gasteiger partial charge in [0, 0.05) is 5.69 Å². The first-order valence-electron chi connectivity index (χ1n) is 10.7. The average molecular weight is 510 g/mol. The third kappa shape index (κ3) is 6.20. The van der Waals surface area contributed by atoms with Crippen molar-refractivity contribution in [2.75, 3.05) is 11.9 Å². The smallest absolute Gasteiger partial charge is 0.329 e. The number of urea groups is 1. The van der Waals surface area contributed by atoms with Gasteiger partial charge < -0.3 is 15.4 Å². The number of anilines is 1. The maximum absolute atomic E-state index is 12.7. The Morgan fingerprint density at radius 1 is 1.00 bits per heavy atom. The molecule has 1 saturated heterocycles. The van der Waals surface area contributed by atoms with Crippen LogP contribution in [0.25, 0.3) is 6.08 Å². The van der Waals surface area contributed by atoms with E-state index >= 15 is 0 Å². The molecule has 0 aliphatic carbocycles. The van der Waals surface area contributed by atoms with Crippen molar-refractivity contribution < 1.29 is 19.1 Å². The summed E-state index contributed by atoms with van der Waals surface area (Å²) in [5, 5.41) is 6.13. The molecule has 1 aliphatic rings. The first kappa shape index (κ1) is 24.3. The molecular weight excluding hydrogens is 489 g/mol. The molecule has 35 heavy (non-hydrogen) atoms. The fourth-order valence-corrected chi connectivity index (χ4v) is 3.64. The van der Waals surface area contributed by atoms with Gasteiger partial charge in [0.25, 0.3) is 5.91 Å². The molecule has 1 fully saturated rings. The van der Waals surface area contributed by atoms with E-state index in [-0.39, 0.29) is 5.70 Å². The van der Waals surface area contributed by atoms with Crippen LogP contribution < -0.4 is 15.4 Å². The number of halogens is 2. The third-order valence-corrected chi connectivity index (χ3v) is 5.92. The molecule has 0 aromatic heterocycles. The number of rotatable bonds is 7. The molecule has 4 rings (SSSR count). The molecule has 0 unspecified atom stereocenters. The van der Waals surface area contributed by atoms with Crippen molar-refractivity contribution in [2.45, 2.75) is 13.5 Å². The number of carbonyl (C=O) groups excluding carboxylic acids is 3. The van der Waals surface area contributed by atoms with Gasteiger partial charge in [-0.1, -0.05) is 59.1 Å². The number of nitrogens with one attached hydrogen (secondary N) is 2. The van der Waals surface area contributed by atoms with Crippen molar-refractivity contribution in [1.29, 1.82) is 0 Å². The fourth-order valence-electron chi connectivity index (χ4n) is 3.32. The molecule has 4 amide bonds. The number of amides is 4. The molecule has 3 aromatic rings. The molecule has 1 heterocycles. The van der Waals surface area contributed by atoms with Crippen LogP contribution >= 0.6 is 23.2 Å². The van der Waals surface area contributed by atoms with Crippen LogP contribution in [0.2, 0.25) is 10.0 Å². The Morgan fingerprint density at radius 2 is 1.71 bits per heavy atom. The normalized spacial score (nSPS) is 14.3. The lowest BCUT2D eigenvalue weighted by Crippen LogP contribution is -2.38. The number of aryl methyl sites for hydroxylation is 1. The Kier molecular flexibility index (Phi) is 7.39. The summed E-state index contributed by atoms with van der Waals surface area (Å²) in [6.07, 6.45) is 1.54. The van der Waals surface area contributed by atoms with Gasteiger partial charge in [-0.05, 0) is 60.5 Å². The van der Waals surface area contributed by atoms with Gasteiger partial charge in [-0.25, -0.2) is 9.69 Å². The highest BCUT2D eigenvalue weighted by Crippen LogP contribution is 2.24. The summed E-state index contributed by atoms with van der Waals surface area (Å²) in [6.45, 7) is 1.86.